The minimum Gasteiger partial charge on any atom is -0.489 e. The average Bonchev–Trinajstić information content (AvgIpc) is 3.41. The normalized spacial score (nSPS) is 15.8. The van der Waals surface area contributed by atoms with Crippen LogP contribution in [0.2, 0.25) is 0 Å². The molecule has 0 spiro atoms. The van der Waals surface area contributed by atoms with Gasteiger partial charge in [0.15, 0.2) is 0 Å². The first-order valence-electron chi connectivity index (χ1n) is 12.6. The van der Waals surface area contributed by atoms with E-state index in [2.05, 4.69) is 20.4 Å². The van der Waals surface area contributed by atoms with Gasteiger partial charge in [0.05, 0.1) is 12.5 Å². The number of amides is 1. The number of nitrogens with zero attached hydrogens (tertiary/aromatic N) is 3. The maximum atomic E-state index is 13.2. The van der Waals surface area contributed by atoms with Crippen LogP contribution in [-0.4, -0.2) is 34.0 Å². The molecule has 1 fully saturated rings. The summed E-state index contributed by atoms with van der Waals surface area (Å²) >= 11 is 0. The molecule has 4 aromatic rings. The second-order valence-electron chi connectivity index (χ2n) is 9.37. The molecule has 0 radical (unpaired) electrons. The van der Waals surface area contributed by atoms with Crippen LogP contribution in [-0.2, 0) is 24.5 Å². The summed E-state index contributed by atoms with van der Waals surface area (Å²) in [6.07, 6.45) is 1.72. The predicted molar refractivity (Wildman–Crippen MR) is 137 cm³/mol. The highest BCUT2D eigenvalue weighted by Gasteiger charge is 2.26. The molecular formula is C29H28F2N4O3. The summed E-state index contributed by atoms with van der Waals surface area (Å²) in [5, 5.41) is 7.04. The standard InChI is InChI=1S/C29H28F2N4O3/c30-24-9-3-21(4-10-24)19-37-26-13-5-20(6-14-26)16-32-29(36)23-2-1-15-35(17-23)18-27-33-28(34-38-27)22-7-11-25(31)12-8-22/h3-14,23H,1-2,15-19H2,(H,32,36). The number of carbonyl (C=O) groups excluding carboxylic acids is 1. The molecule has 5 rings (SSSR count). The first kappa shape index (κ1) is 25.5. The van der Waals surface area contributed by atoms with Crippen LogP contribution in [0.25, 0.3) is 11.4 Å². The van der Waals surface area contributed by atoms with E-state index in [1.807, 2.05) is 24.3 Å². The van der Waals surface area contributed by atoms with Crippen LogP contribution in [0.5, 0.6) is 5.75 Å². The number of halogens is 2. The average molecular weight is 519 g/mol. The number of nitrogens with one attached hydrogen (secondary N) is 1. The first-order valence-corrected chi connectivity index (χ1v) is 12.6. The number of carbonyl (C=O) groups is 1. The Balaban J connectivity index is 1.08. The molecule has 1 aliphatic rings. The van der Waals surface area contributed by atoms with Crippen molar-refractivity contribution in [3.05, 3.63) is 101 Å². The van der Waals surface area contributed by atoms with Gasteiger partial charge in [-0.15, -0.1) is 0 Å². The number of hydrogen-bond acceptors (Lipinski definition) is 6. The molecule has 196 valence electrons. The number of piperidine rings is 1. The first-order chi connectivity index (χ1) is 18.5. The van der Waals surface area contributed by atoms with Crippen LogP contribution in [0.3, 0.4) is 0 Å². The molecule has 9 heteroatoms. The number of hydrogen-bond donors (Lipinski definition) is 1. The van der Waals surface area contributed by atoms with Gasteiger partial charge in [0, 0.05) is 18.7 Å². The lowest BCUT2D eigenvalue weighted by molar-refractivity contribution is -0.127. The largest absolute Gasteiger partial charge is 0.489 e. The fourth-order valence-electron chi connectivity index (χ4n) is 4.42. The molecule has 2 heterocycles. The zero-order chi connectivity index (χ0) is 26.3. The highest BCUT2D eigenvalue weighted by atomic mass is 19.1. The number of aromatic nitrogens is 2. The van der Waals surface area contributed by atoms with Gasteiger partial charge < -0.3 is 14.6 Å². The molecule has 0 saturated carbocycles. The molecule has 1 N–H and O–H groups in total. The third-order valence-electron chi connectivity index (χ3n) is 6.51. The Kier molecular flexibility index (Phi) is 8.04. The van der Waals surface area contributed by atoms with E-state index in [9.17, 15) is 13.6 Å². The highest BCUT2D eigenvalue weighted by molar-refractivity contribution is 5.79. The minimum atomic E-state index is -0.320. The van der Waals surface area contributed by atoms with Crippen LogP contribution in [0.1, 0.15) is 29.9 Å². The van der Waals surface area contributed by atoms with Crippen molar-refractivity contribution in [2.75, 3.05) is 13.1 Å². The van der Waals surface area contributed by atoms with E-state index in [0.29, 0.717) is 49.3 Å². The number of benzene rings is 3. The minimum absolute atomic E-state index is 0.0175. The van der Waals surface area contributed by atoms with E-state index >= 15 is 0 Å². The Morgan fingerprint density at radius 3 is 2.39 bits per heavy atom. The third kappa shape index (κ3) is 6.80. The van der Waals surface area contributed by atoms with Crippen molar-refractivity contribution in [2.24, 2.45) is 5.92 Å². The zero-order valence-electron chi connectivity index (χ0n) is 20.8. The molecule has 3 aromatic carbocycles. The summed E-state index contributed by atoms with van der Waals surface area (Å²) in [6, 6.07) is 19.7. The van der Waals surface area contributed by atoms with Gasteiger partial charge >= 0.3 is 0 Å². The van der Waals surface area contributed by atoms with E-state index in [0.717, 1.165) is 30.5 Å². The third-order valence-corrected chi connectivity index (χ3v) is 6.51. The molecule has 7 nitrogen and oxygen atoms in total. The molecule has 1 unspecified atom stereocenters. The number of likely N-dealkylation sites (tertiary alicyclic amines) is 1. The lowest BCUT2D eigenvalue weighted by Gasteiger charge is -2.30. The summed E-state index contributed by atoms with van der Waals surface area (Å²) in [5.41, 5.74) is 2.54. The summed E-state index contributed by atoms with van der Waals surface area (Å²) in [4.78, 5) is 19.4. The predicted octanol–water partition coefficient (Wildman–Crippen LogP) is 5.12. The van der Waals surface area contributed by atoms with Crippen LogP contribution in [0, 0.1) is 17.6 Å². The number of rotatable bonds is 9. The van der Waals surface area contributed by atoms with Crippen molar-refractivity contribution in [3.63, 3.8) is 0 Å². The number of ether oxygens (including phenoxy) is 1. The Hall–Kier alpha value is -4.11. The van der Waals surface area contributed by atoms with Crippen LogP contribution < -0.4 is 10.1 Å². The van der Waals surface area contributed by atoms with E-state index in [1.54, 1.807) is 24.3 Å². The molecule has 1 atom stereocenters. The molecule has 38 heavy (non-hydrogen) atoms. The second kappa shape index (κ2) is 12.0. The van der Waals surface area contributed by atoms with Crippen molar-refractivity contribution in [1.29, 1.82) is 0 Å². The lowest BCUT2D eigenvalue weighted by Crippen LogP contribution is -2.42. The Labute approximate surface area is 219 Å². The summed E-state index contributed by atoms with van der Waals surface area (Å²) < 4.78 is 37.3. The van der Waals surface area contributed by atoms with E-state index in [-0.39, 0.29) is 23.5 Å². The van der Waals surface area contributed by atoms with E-state index < -0.39 is 0 Å². The molecular weight excluding hydrogens is 490 g/mol. The van der Waals surface area contributed by atoms with E-state index in [4.69, 9.17) is 9.26 Å². The van der Waals surface area contributed by atoms with Gasteiger partial charge in [0.2, 0.25) is 17.6 Å². The summed E-state index contributed by atoms with van der Waals surface area (Å²) in [5.74, 6) is 0.885. The maximum Gasteiger partial charge on any atom is 0.241 e. The zero-order valence-corrected chi connectivity index (χ0v) is 20.8. The van der Waals surface area contributed by atoms with Crippen LogP contribution >= 0.6 is 0 Å². The van der Waals surface area contributed by atoms with Crippen molar-refractivity contribution < 1.29 is 22.8 Å². The molecule has 0 bridgehead atoms. The van der Waals surface area contributed by atoms with Gasteiger partial charge in [-0.2, -0.15) is 4.98 Å². The highest BCUT2D eigenvalue weighted by Crippen LogP contribution is 2.21. The quantitative estimate of drug-likeness (QED) is 0.331. The molecule has 1 amide bonds. The van der Waals surface area contributed by atoms with Gasteiger partial charge in [-0.25, -0.2) is 8.78 Å². The monoisotopic (exact) mass is 518 g/mol. The SMILES string of the molecule is O=C(NCc1ccc(OCc2ccc(F)cc2)cc1)C1CCCN(Cc2nc(-c3ccc(F)cc3)no2)C1. The second-order valence-corrected chi connectivity index (χ2v) is 9.37. The molecule has 1 saturated heterocycles. The van der Waals surface area contributed by atoms with Gasteiger partial charge in [-0.3, -0.25) is 9.69 Å². The fourth-order valence-corrected chi connectivity index (χ4v) is 4.42. The van der Waals surface area contributed by atoms with Crippen molar-refractivity contribution in [1.82, 2.24) is 20.4 Å². The lowest BCUT2D eigenvalue weighted by atomic mass is 9.97. The van der Waals surface area contributed by atoms with Crippen molar-refractivity contribution in [3.8, 4) is 17.1 Å². The molecule has 1 aromatic heterocycles. The Bertz CT molecular complexity index is 1340. The summed E-state index contributed by atoms with van der Waals surface area (Å²) in [7, 11) is 0. The van der Waals surface area contributed by atoms with Gasteiger partial charge in [-0.1, -0.05) is 29.4 Å². The fraction of sp³-hybridized carbons (Fsp3) is 0.276. The molecule has 1 aliphatic heterocycles. The van der Waals surface area contributed by atoms with Crippen LogP contribution in [0.15, 0.2) is 77.3 Å². The Morgan fingerprint density at radius 2 is 1.66 bits per heavy atom. The van der Waals surface area contributed by atoms with Crippen molar-refractivity contribution >= 4 is 5.91 Å². The van der Waals surface area contributed by atoms with Gasteiger partial charge in [0.1, 0.15) is 24.0 Å². The summed E-state index contributed by atoms with van der Waals surface area (Å²) in [6.45, 7) is 2.69. The Morgan fingerprint density at radius 1 is 0.974 bits per heavy atom. The van der Waals surface area contributed by atoms with Gasteiger partial charge in [0.25, 0.3) is 0 Å². The van der Waals surface area contributed by atoms with Crippen LogP contribution in [0.4, 0.5) is 8.78 Å². The maximum absolute atomic E-state index is 13.2. The molecule has 0 aliphatic carbocycles. The van der Waals surface area contributed by atoms with Crippen molar-refractivity contribution in [2.45, 2.75) is 32.5 Å². The van der Waals surface area contributed by atoms with Gasteiger partial charge in [-0.05, 0) is 79.0 Å². The smallest absolute Gasteiger partial charge is 0.241 e. The topological polar surface area (TPSA) is 80.5 Å². The van der Waals surface area contributed by atoms with E-state index in [1.165, 1.54) is 24.3 Å².